The molecule has 1 N–H and O–H groups in total. The molecule has 0 aliphatic heterocycles. The van der Waals surface area contributed by atoms with Crippen LogP contribution in [0.15, 0.2) is 48.8 Å². The van der Waals surface area contributed by atoms with Gasteiger partial charge in [-0.2, -0.15) is 0 Å². The molecule has 0 saturated carbocycles. The third-order valence-corrected chi connectivity index (χ3v) is 3.27. The molecule has 1 aromatic carbocycles. The van der Waals surface area contributed by atoms with Gasteiger partial charge in [0.25, 0.3) is 0 Å². The van der Waals surface area contributed by atoms with Crippen molar-refractivity contribution in [3.63, 3.8) is 0 Å². The van der Waals surface area contributed by atoms with E-state index in [1.807, 2.05) is 48.1 Å². The Morgan fingerprint density at radius 1 is 1.19 bits per heavy atom. The van der Waals surface area contributed by atoms with Gasteiger partial charge in [-0.3, -0.25) is 0 Å². The van der Waals surface area contributed by atoms with Crippen LogP contribution in [-0.4, -0.2) is 19.5 Å². The molecule has 0 radical (unpaired) electrons. The molecule has 6 heteroatoms. The number of hydrogen-bond donors (Lipinski definition) is 1. The van der Waals surface area contributed by atoms with Crippen molar-refractivity contribution in [3.8, 4) is 11.4 Å². The minimum atomic E-state index is 0.409. The van der Waals surface area contributed by atoms with Crippen LogP contribution in [-0.2, 0) is 13.6 Å². The summed E-state index contributed by atoms with van der Waals surface area (Å²) in [4.78, 5) is 13.0. The third-order valence-electron chi connectivity index (χ3n) is 3.08. The van der Waals surface area contributed by atoms with E-state index in [2.05, 4.69) is 20.3 Å². The highest BCUT2D eigenvalue weighted by Crippen LogP contribution is 2.20. The van der Waals surface area contributed by atoms with Crippen molar-refractivity contribution >= 4 is 17.4 Å². The van der Waals surface area contributed by atoms with Crippen LogP contribution in [0.25, 0.3) is 11.4 Å². The SMILES string of the molecule is Cn1ccnc1CNc1cc(Cl)nc(-c2ccccc2)n1. The van der Waals surface area contributed by atoms with Gasteiger partial charge in [-0.15, -0.1) is 0 Å². The summed E-state index contributed by atoms with van der Waals surface area (Å²) in [6, 6.07) is 11.5. The number of aryl methyl sites for hydroxylation is 1. The van der Waals surface area contributed by atoms with Gasteiger partial charge in [-0.1, -0.05) is 41.9 Å². The zero-order valence-electron chi connectivity index (χ0n) is 11.5. The largest absolute Gasteiger partial charge is 0.363 e. The van der Waals surface area contributed by atoms with Crippen LogP contribution in [0.5, 0.6) is 0 Å². The van der Waals surface area contributed by atoms with E-state index < -0.39 is 0 Å². The van der Waals surface area contributed by atoms with Crippen molar-refractivity contribution < 1.29 is 0 Å². The van der Waals surface area contributed by atoms with Crippen LogP contribution < -0.4 is 5.32 Å². The highest BCUT2D eigenvalue weighted by Gasteiger charge is 2.06. The number of halogens is 1. The maximum Gasteiger partial charge on any atom is 0.163 e. The molecular weight excluding hydrogens is 286 g/mol. The van der Waals surface area contributed by atoms with Crippen LogP contribution in [0.3, 0.4) is 0 Å². The van der Waals surface area contributed by atoms with Gasteiger partial charge in [0.15, 0.2) is 5.82 Å². The average Bonchev–Trinajstić information content (AvgIpc) is 2.91. The molecule has 0 amide bonds. The first kappa shape index (κ1) is 13.6. The normalized spacial score (nSPS) is 10.6. The smallest absolute Gasteiger partial charge is 0.163 e. The molecule has 3 aromatic rings. The van der Waals surface area contributed by atoms with E-state index in [0.29, 0.717) is 23.3 Å². The topological polar surface area (TPSA) is 55.6 Å². The molecular formula is C15H14ClN5. The number of nitrogens with zero attached hydrogens (tertiary/aromatic N) is 4. The Morgan fingerprint density at radius 3 is 2.71 bits per heavy atom. The highest BCUT2D eigenvalue weighted by atomic mass is 35.5. The second-order valence-corrected chi connectivity index (χ2v) is 4.96. The standard InChI is InChI=1S/C15H14ClN5/c1-21-8-7-17-14(21)10-18-13-9-12(16)19-15(20-13)11-5-3-2-4-6-11/h2-9H,10H2,1H3,(H,18,19,20). The number of aromatic nitrogens is 4. The molecule has 2 aromatic heterocycles. The van der Waals surface area contributed by atoms with E-state index in [4.69, 9.17) is 11.6 Å². The predicted molar refractivity (Wildman–Crippen MR) is 83.0 cm³/mol. The molecule has 0 fully saturated rings. The summed E-state index contributed by atoms with van der Waals surface area (Å²) < 4.78 is 1.95. The summed E-state index contributed by atoms with van der Waals surface area (Å²) in [7, 11) is 1.95. The maximum absolute atomic E-state index is 6.08. The van der Waals surface area contributed by atoms with Crippen molar-refractivity contribution in [2.75, 3.05) is 5.32 Å². The van der Waals surface area contributed by atoms with E-state index in [0.717, 1.165) is 11.4 Å². The van der Waals surface area contributed by atoms with Crippen molar-refractivity contribution in [1.82, 2.24) is 19.5 Å². The Hall–Kier alpha value is -2.40. The molecule has 0 aliphatic carbocycles. The van der Waals surface area contributed by atoms with Gasteiger partial charge in [0, 0.05) is 31.1 Å². The lowest BCUT2D eigenvalue weighted by atomic mass is 10.2. The van der Waals surface area contributed by atoms with Crippen molar-refractivity contribution in [3.05, 3.63) is 59.8 Å². The van der Waals surface area contributed by atoms with E-state index in [1.54, 1.807) is 12.3 Å². The van der Waals surface area contributed by atoms with E-state index in [-0.39, 0.29) is 0 Å². The van der Waals surface area contributed by atoms with Crippen LogP contribution in [0.4, 0.5) is 5.82 Å². The fourth-order valence-electron chi connectivity index (χ4n) is 1.96. The van der Waals surface area contributed by atoms with E-state index in [9.17, 15) is 0 Å². The van der Waals surface area contributed by atoms with E-state index >= 15 is 0 Å². The zero-order valence-corrected chi connectivity index (χ0v) is 12.2. The fourth-order valence-corrected chi connectivity index (χ4v) is 2.14. The van der Waals surface area contributed by atoms with Crippen LogP contribution in [0.1, 0.15) is 5.82 Å². The maximum atomic E-state index is 6.08. The summed E-state index contributed by atoms with van der Waals surface area (Å²) in [6.07, 6.45) is 3.67. The molecule has 106 valence electrons. The first-order chi connectivity index (χ1) is 10.2. The van der Waals surface area contributed by atoms with Gasteiger partial charge in [0.05, 0.1) is 6.54 Å². The summed E-state index contributed by atoms with van der Waals surface area (Å²) in [5, 5.41) is 3.63. The first-order valence-corrected chi connectivity index (χ1v) is 6.90. The number of hydrogen-bond acceptors (Lipinski definition) is 4. The van der Waals surface area contributed by atoms with Crippen molar-refractivity contribution in [2.45, 2.75) is 6.54 Å². The zero-order chi connectivity index (χ0) is 14.7. The Kier molecular flexibility index (Phi) is 3.83. The van der Waals surface area contributed by atoms with Gasteiger partial charge in [-0.05, 0) is 0 Å². The molecule has 0 spiro atoms. The van der Waals surface area contributed by atoms with Crippen molar-refractivity contribution in [1.29, 1.82) is 0 Å². The Balaban J connectivity index is 1.83. The number of rotatable bonds is 4. The minimum absolute atomic E-state index is 0.409. The molecule has 2 heterocycles. The third kappa shape index (κ3) is 3.20. The Labute approximate surface area is 127 Å². The van der Waals surface area contributed by atoms with Crippen LogP contribution in [0.2, 0.25) is 5.15 Å². The lowest BCUT2D eigenvalue weighted by Gasteiger charge is -2.08. The second-order valence-electron chi connectivity index (χ2n) is 4.57. The monoisotopic (exact) mass is 299 g/mol. The van der Waals surface area contributed by atoms with Crippen molar-refractivity contribution in [2.24, 2.45) is 7.05 Å². The number of benzene rings is 1. The molecule has 21 heavy (non-hydrogen) atoms. The predicted octanol–water partition coefficient (Wildman–Crippen LogP) is 3.14. The van der Waals surface area contributed by atoms with Crippen LogP contribution in [0, 0.1) is 0 Å². The van der Waals surface area contributed by atoms with Gasteiger partial charge in [-0.25, -0.2) is 15.0 Å². The molecule has 0 atom stereocenters. The van der Waals surface area contributed by atoms with Gasteiger partial charge in [0.1, 0.15) is 16.8 Å². The summed E-state index contributed by atoms with van der Waals surface area (Å²) in [5.74, 6) is 2.20. The molecule has 0 saturated heterocycles. The Morgan fingerprint density at radius 2 is 2.00 bits per heavy atom. The lowest BCUT2D eigenvalue weighted by Crippen LogP contribution is -2.07. The molecule has 0 aliphatic rings. The number of nitrogens with one attached hydrogen (secondary N) is 1. The van der Waals surface area contributed by atoms with Gasteiger partial charge >= 0.3 is 0 Å². The molecule has 0 bridgehead atoms. The number of anilines is 1. The molecule has 3 rings (SSSR count). The second kappa shape index (κ2) is 5.93. The highest BCUT2D eigenvalue weighted by molar-refractivity contribution is 6.29. The minimum Gasteiger partial charge on any atom is -0.363 e. The summed E-state index contributed by atoms with van der Waals surface area (Å²) in [6.45, 7) is 0.574. The quantitative estimate of drug-likeness (QED) is 0.752. The van der Waals surface area contributed by atoms with E-state index in [1.165, 1.54) is 0 Å². The molecule has 0 unspecified atom stereocenters. The van der Waals surface area contributed by atoms with Gasteiger partial charge in [0.2, 0.25) is 0 Å². The summed E-state index contributed by atoms with van der Waals surface area (Å²) >= 11 is 6.08. The molecule has 5 nitrogen and oxygen atoms in total. The Bertz CT molecular complexity index is 739. The summed E-state index contributed by atoms with van der Waals surface area (Å²) in [5.41, 5.74) is 0.931. The van der Waals surface area contributed by atoms with Crippen LogP contribution >= 0.6 is 11.6 Å². The number of imidazole rings is 1. The average molecular weight is 300 g/mol. The fraction of sp³-hybridized carbons (Fsp3) is 0.133. The van der Waals surface area contributed by atoms with Gasteiger partial charge < -0.3 is 9.88 Å². The lowest BCUT2D eigenvalue weighted by molar-refractivity contribution is 0.810. The first-order valence-electron chi connectivity index (χ1n) is 6.52.